The fraction of sp³-hybridized carbons (Fsp3) is 0.105. The number of dihydropyridines is 1. The van der Waals surface area contributed by atoms with E-state index in [1.54, 1.807) is 0 Å². The van der Waals surface area contributed by atoms with Crippen LogP contribution in [0.1, 0.15) is 17.9 Å². The third-order valence-corrected chi connectivity index (χ3v) is 4.52. The molecule has 5 rings (SSSR count). The number of aliphatic imine (C=N–C) groups is 1. The van der Waals surface area contributed by atoms with Gasteiger partial charge in [-0.15, -0.1) is 0 Å². The lowest BCUT2D eigenvalue weighted by Gasteiger charge is -2.29. The zero-order chi connectivity index (χ0) is 13.8. The molecule has 0 saturated carbocycles. The van der Waals surface area contributed by atoms with Gasteiger partial charge in [0.15, 0.2) is 0 Å². The van der Waals surface area contributed by atoms with Crippen molar-refractivity contribution in [3.63, 3.8) is 0 Å². The molecule has 1 aromatic rings. The SMILES string of the molecule is C1=CCC2=CC3=C(C=CC4=Nc5ccccc5C43)NC2=C1. The van der Waals surface area contributed by atoms with Gasteiger partial charge in [0.2, 0.25) is 0 Å². The van der Waals surface area contributed by atoms with Gasteiger partial charge in [-0.2, -0.15) is 0 Å². The molecule has 0 fully saturated rings. The Morgan fingerprint density at radius 3 is 3.10 bits per heavy atom. The van der Waals surface area contributed by atoms with Gasteiger partial charge in [0.05, 0.1) is 17.3 Å². The molecule has 2 aliphatic carbocycles. The molecule has 100 valence electrons. The minimum absolute atomic E-state index is 0.286. The van der Waals surface area contributed by atoms with Crippen molar-refractivity contribution in [1.29, 1.82) is 0 Å². The molecule has 2 heterocycles. The molecular weight excluding hydrogens is 256 g/mol. The molecule has 1 unspecified atom stereocenters. The van der Waals surface area contributed by atoms with Crippen LogP contribution in [0, 0.1) is 0 Å². The van der Waals surface area contributed by atoms with Crippen LogP contribution in [0.3, 0.4) is 0 Å². The highest BCUT2D eigenvalue weighted by molar-refractivity contribution is 6.09. The molecule has 2 aliphatic heterocycles. The summed E-state index contributed by atoms with van der Waals surface area (Å²) < 4.78 is 0. The number of benzene rings is 1. The van der Waals surface area contributed by atoms with Crippen LogP contribution < -0.4 is 5.32 Å². The lowest BCUT2D eigenvalue weighted by atomic mass is 9.80. The number of nitrogens with one attached hydrogen (secondary N) is 1. The first kappa shape index (κ1) is 11.1. The summed E-state index contributed by atoms with van der Waals surface area (Å²) in [7, 11) is 0. The third kappa shape index (κ3) is 1.50. The van der Waals surface area contributed by atoms with E-state index in [0.29, 0.717) is 0 Å². The van der Waals surface area contributed by atoms with Gasteiger partial charge in [0.25, 0.3) is 0 Å². The molecule has 0 saturated heterocycles. The summed E-state index contributed by atoms with van der Waals surface area (Å²) in [6.07, 6.45) is 14.1. The Balaban J connectivity index is 1.69. The molecule has 1 N–H and O–H groups in total. The fourth-order valence-electron chi connectivity index (χ4n) is 3.52. The lowest BCUT2D eigenvalue weighted by Crippen LogP contribution is -2.26. The molecule has 0 bridgehead atoms. The van der Waals surface area contributed by atoms with Crippen LogP contribution in [0.4, 0.5) is 5.69 Å². The van der Waals surface area contributed by atoms with E-state index in [0.717, 1.165) is 17.8 Å². The Kier molecular flexibility index (Phi) is 2.09. The van der Waals surface area contributed by atoms with E-state index >= 15 is 0 Å². The number of para-hydroxylation sites is 1. The average molecular weight is 270 g/mol. The van der Waals surface area contributed by atoms with Crippen molar-refractivity contribution < 1.29 is 0 Å². The summed E-state index contributed by atoms with van der Waals surface area (Å²) in [5.74, 6) is 0.286. The minimum atomic E-state index is 0.286. The summed E-state index contributed by atoms with van der Waals surface area (Å²) in [5, 5.41) is 3.58. The standard InChI is InChI=1S/C19H14N2/c1-3-7-15-12(5-1)11-14-17(20-15)9-10-18-19(14)13-6-2-4-8-16(13)21-18/h1-4,6-11,19-20H,5H2. The van der Waals surface area contributed by atoms with Crippen molar-refractivity contribution in [2.75, 3.05) is 0 Å². The number of nitrogens with zero attached hydrogens (tertiary/aromatic N) is 1. The predicted octanol–water partition coefficient (Wildman–Crippen LogP) is 4.05. The zero-order valence-electron chi connectivity index (χ0n) is 11.5. The first-order valence-corrected chi connectivity index (χ1v) is 7.35. The molecule has 1 aromatic carbocycles. The van der Waals surface area contributed by atoms with E-state index in [-0.39, 0.29) is 5.92 Å². The van der Waals surface area contributed by atoms with Gasteiger partial charge in [-0.05, 0) is 47.4 Å². The van der Waals surface area contributed by atoms with Gasteiger partial charge in [-0.3, -0.25) is 4.99 Å². The van der Waals surface area contributed by atoms with Gasteiger partial charge >= 0.3 is 0 Å². The van der Waals surface area contributed by atoms with Crippen LogP contribution in [0.15, 0.2) is 88.3 Å². The Morgan fingerprint density at radius 2 is 2.10 bits per heavy atom. The molecule has 21 heavy (non-hydrogen) atoms. The highest BCUT2D eigenvalue weighted by atomic mass is 14.9. The van der Waals surface area contributed by atoms with Crippen molar-refractivity contribution in [2.24, 2.45) is 4.99 Å². The summed E-state index contributed by atoms with van der Waals surface area (Å²) >= 11 is 0. The van der Waals surface area contributed by atoms with Crippen molar-refractivity contribution >= 4 is 11.4 Å². The van der Waals surface area contributed by atoms with Crippen molar-refractivity contribution in [3.8, 4) is 0 Å². The largest absolute Gasteiger partial charge is 0.355 e. The molecule has 0 spiro atoms. The summed E-state index contributed by atoms with van der Waals surface area (Å²) in [5.41, 5.74) is 8.75. The predicted molar refractivity (Wildman–Crippen MR) is 85.5 cm³/mol. The monoisotopic (exact) mass is 270 g/mol. The number of fused-ring (bicyclic) bond motifs is 5. The maximum atomic E-state index is 4.78. The van der Waals surface area contributed by atoms with Crippen LogP contribution in [0.25, 0.3) is 0 Å². The Labute approximate surface area is 123 Å². The Bertz CT molecular complexity index is 844. The van der Waals surface area contributed by atoms with Gasteiger partial charge in [0.1, 0.15) is 0 Å². The van der Waals surface area contributed by atoms with E-state index in [1.165, 1.54) is 28.1 Å². The second-order valence-corrected chi connectivity index (χ2v) is 5.74. The van der Waals surface area contributed by atoms with E-state index in [4.69, 9.17) is 4.99 Å². The zero-order valence-corrected chi connectivity index (χ0v) is 11.5. The number of allylic oxidation sites excluding steroid dienone is 8. The second kappa shape index (κ2) is 3.95. The van der Waals surface area contributed by atoms with Crippen LogP contribution >= 0.6 is 0 Å². The van der Waals surface area contributed by atoms with Gasteiger partial charge in [0, 0.05) is 11.4 Å². The van der Waals surface area contributed by atoms with Crippen LogP contribution in [-0.4, -0.2) is 5.71 Å². The molecule has 0 amide bonds. The van der Waals surface area contributed by atoms with E-state index in [1.807, 2.05) is 0 Å². The summed E-state index contributed by atoms with van der Waals surface area (Å²) in [6, 6.07) is 8.47. The Hall–Kier alpha value is -2.61. The minimum Gasteiger partial charge on any atom is -0.355 e. The number of hydrogen-bond acceptors (Lipinski definition) is 2. The summed E-state index contributed by atoms with van der Waals surface area (Å²) in [4.78, 5) is 4.78. The maximum Gasteiger partial charge on any atom is 0.0675 e. The van der Waals surface area contributed by atoms with Crippen LogP contribution in [0.5, 0.6) is 0 Å². The van der Waals surface area contributed by atoms with Crippen LogP contribution in [0.2, 0.25) is 0 Å². The van der Waals surface area contributed by atoms with E-state index < -0.39 is 0 Å². The van der Waals surface area contributed by atoms with Gasteiger partial charge in [-0.1, -0.05) is 36.4 Å². The quantitative estimate of drug-likeness (QED) is 0.755. The van der Waals surface area contributed by atoms with E-state index in [2.05, 4.69) is 66.0 Å². The first-order valence-electron chi connectivity index (χ1n) is 7.35. The third-order valence-electron chi connectivity index (χ3n) is 4.52. The smallest absolute Gasteiger partial charge is 0.0675 e. The van der Waals surface area contributed by atoms with Crippen molar-refractivity contribution in [3.05, 3.63) is 88.8 Å². The second-order valence-electron chi connectivity index (χ2n) is 5.74. The highest BCUT2D eigenvalue weighted by Crippen LogP contribution is 2.45. The van der Waals surface area contributed by atoms with E-state index in [9.17, 15) is 0 Å². The maximum absolute atomic E-state index is 4.78. The molecule has 1 atom stereocenters. The molecule has 4 aliphatic rings. The lowest BCUT2D eigenvalue weighted by molar-refractivity contribution is 0.901. The molecule has 0 aromatic heterocycles. The molecular formula is C19H14N2. The first-order chi connectivity index (χ1) is 10.4. The highest BCUT2D eigenvalue weighted by Gasteiger charge is 2.33. The van der Waals surface area contributed by atoms with Crippen molar-refractivity contribution in [2.45, 2.75) is 12.3 Å². The normalized spacial score (nSPS) is 24.2. The number of hydrogen-bond donors (Lipinski definition) is 1. The van der Waals surface area contributed by atoms with Crippen LogP contribution in [-0.2, 0) is 0 Å². The average Bonchev–Trinajstić information content (AvgIpc) is 2.92. The number of rotatable bonds is 0. The fourth-order valence-corrected chi connectivity index (χ4v) is 3.52. The molecule has 2 heteroatoms. The topological polar surface area (TPSA) is 24.4 Å². The van der Waals surface area contributed by atoms with Gasteiger partial charge in [-0.25, -0.2) is 0 Å². The molecule has 0 radical (unpaired) electrons. The van der Waals surface area contributed by atoms with Gasteiger partial charge < -0.3 is 5.32 Å². The summed E-state index contributed by atoms with van der Waals surface area (Å²) in [6.45, 7) is 0. The Morgan fingerprint density at radius 1 is 1.14 bits per heavy atom. The molecule has 2 nitrogen and oxygen atoms in total. The van der Waals surface area contributed by atoms with Crippen molar-refractivity contribution in [1.82, 2.24) is 5.32 Å².